The van der Waals surface area contributed by atoms with Crippen molar-refractivity contribution in [1.29, 1.82) is 0 Å². The fourth-order valence-corrected chi connectivity index (χ4v) is 3.47. The molecule has 1 saturated heterocycles. The average Bonchev–Trinajstić information content (AvgIpc) is 2.32. The van der Waals surface area contributed by atoms with E-state index >= 15 is 0 Å². The first-order valence-electron chi connectivity index (χ1n) is 6.59. The molecule has 18 heavy (non-hydrogen) atoms. The molecule has 0 saturated carbocycles. The van der Waals surface area contributed by atoms with Gasteiger partial charge < -0.3 is 5.32 Å². The number of hydrogen-bond donors (Lipinski definition) is 1. The molecule has 1 aromatic carbocycles. The van der Waals surface area contributed by atoms with Gasteiger partial charge in [-0.15, -0.1) is 0 Å². The van der Waals surface area contributed by atoms with Crippen LogP contribution < -0.4 is 5.32 Å². The van der Waals surface area contributed by atoms with E-state index in [4.69, 9.17) is 0 Å². The van der Waals surface area contributed by atoms with Crippen molar-refractivity contribution in [3.63, 3.8) is 0 Å². The van der Waals surface area contributed by atoms with Crippen LogP contribution in [0.15, 0.2) is 24.3 Å². The molecule has 100 valence electrons. The predicted molar refractivity (Wildman–Crippen MR) is 78.4 cm³/mol. The Morgan fingerprint density at radius 3 is 2.33 bits per heavy atom. The molecule has 0 bridgehead atoms. The summed E-state index contributed by atoms with van der Waals surface area (Å²) in [6.07, 6.45) is 0. The van der Waals surface area contributed by atoms with Gasteiger partial charge in [0.1, 0.15) is 0 Å². The van der Waals surface area contributed by atoms with Gasteiger partial charge in [-0.1, -0.05) is 45.0 Å². The summed E-state index contributed by atoms with van der Waals surface area (Å²) in [6.45, 7) is 9.55. The minimum Gasteiger partial charge on any atom is -0.308 e. The van der Waals surface area contributed by atoms with Crippen molar-refractivity contribution in [3.8, 4) is 0 Å². The molecule has 3 unspecified atom stereocenters. The molecular weight excluding hydrogens is 242 g/mol. The molecular formula is C15H23NOS. The molecule has 1 aliphatic rings. The van der Waals surface area contributed by atoms with Crippen LogP contribution in [0.25, 0.3) is 0 Å². The van der Waals surface area contributed by atoms with Crippen LogP contribution >= 0.6 is 0 Å². The molecule has 1 fully saturated rings. The molecule has 1 aliphatic heterocycles. The third-order valence-corrected chi connectivity index (χ3v) is 5.34. The van der Waals surface area contributed by atoms with E-state index in [-0.39, 0.29) is 16.7 Å². The predicted octanol–water partition coefficient (Wildman–Crippen LogP) is 2.77. The van der Waals surface area contributed by atoms with Crippen molar-refractivity contribution >= 4 is 10.8 Å². The molecule has 1 aromatic rings. The molecule has 3 atom stereocenters. The fraction of sp³-hybridized carbons (Fsp3) is 0.600. The number of hydrogen-bond acceptors (Lipinski definition) is 2. The lowest BCUT2D eigenvalue weighted by Gasteiger charge is -2.28. The Labute approximate surface area is 113 Å². The SMILES string of the molecule is CC1CNC(c2ccc(C(C)(C)C)cc2)CS1=O. The highest BCUT2D eigenvalue weighted by Gasteiger charge is 2.25. The average molecular weight is 265 g/mol. The quantitative estimate of drug-likeness (QED) is 0.846. The molecule has 1 N–H and O–H groups in total. The van der Waals surface area contributed by atoms with Crippen molar-refractivity contribution in [2.24, 2.45) is 0 Å². The van der Waals surface area contributed by atoms with Gasteiger partial charge in [-0.3, -0.25) is 4.21 Å². The fourth-order valence-electron chi connectivity index (χ4n) is 2.22. The van der Waals surface area contributed by atoms with E-state index in [1.807, 2.05) is 6.92 Å². The topological polar surface area (TPSA) is 29.1 Å². The smallest absolute Gasteiger partial charge is 0.0445 e. The first-order chi connectivity index (χ1) is 8.38. The minimum absolute atomic E-state index is 0.190. The van der Waals surface area contributed by atoms with Crippen molar-refractivity contribution in [3.05, 3.63) is 35.4 Å². The van der Waals surface area contributed by atoms with Crippen LogP contribution in [0.1, 0.15) is 44.9 Å². The van der Waals surface area contributed by atoms with E-state index in [2.05, 4.69) is 50.4 Å². The highest BCUT2D eigenvalue weighted by Crippen LogP contribution is 2.25. The van der Waals surface area contributed by atoms with Gasteiger partial charge in [0, 0.05) is 34.4 Å². The lowest BCUT2D eigenvalue weighted by Crippen LogP contribution is -2.41. The summed E-state index contributed by atoms with van der Waals surface area (Å²) >= 11 is 0. The second-order valence-corrected chi connectivity index (χ2v) is 8.09. The van der Waals surface area contributed by atoms with E-state index in [1.54, 1.807) is 0 Å². The van der Waals surface area contributed by atoms with E-state index in [1.165, 1.54) is 11.1 Å². The second-order valence-electron chi connectivity index (χ2n) is 6.19. The van der Waals surface area contributed by atoms with Crippen molar-refractivity contribution in [1.82, 2.24) is 5.32 Å². The number of rotatable bonds is 1. The summed E-state index contributed by atoms with van der Waals surface area (Å²) in [6, 6.07) is 8.98. The van der Waals surface area contributed by atoms with Gasteiger partial charge in [-0.25, -0.2) is 0 Å². The Bertz CT molecular complexity index is 433. The summed E-state index contributed by atoms with van der Waals surface area (Å²) in [4.78, 5) is 0. The van der Waals surface area contributed by atoms with Crippen LogP contribution in [0.4, 0.5) is 0 Å². The third-order valence-electron chi connectivity index (χ3n) is 3.61. The van der Waals surface area contributed by atoms with Gasteiger partial charge in [0.05, 0.1) is 0 Å². The summed E-state index contributed by atoms with van der Waals surface area (Å²) in [5.74, 6) is 0.732. The maximum Gasteiger partial charge on any atom is 0.0445 e. The zero-order chi connectivity index (χ0) is 13.3. The van der Waals surface area contributed by atoms with Crippen LogP contribution in [0, 0.1) is 0 Å². The van der Waals surface area contributed by atoms with Gasteiger partial charge >= 0.3 is 0 Å². The monoisotopic (exact) mass is 265 g/mol. The molecule has 0 aliphatic carbocycles. The van der Waals surface area contributed by atoms with Crippen LogP contribution in [0.2, 0.25) is 0 Å². The highest BCUT2D eigenvalue weighted by molar-refractivity contribution is 7.85. The molecule has 0 amide bonds. The largest absolute Gasteiger partial charge is 0.308 e. The molecule has 2 rings (SSSR count). The van der Waals surface area contributed by atoms with Crippen LogP contribution in [0.3, 0.4) is 0 Å². The Hall–Kier alpha value is -0.670. The summed E-state index contributed by atoms with van der Waals surface area (Å²) in [5, 5.41) is 3.75. The number of benzene rings is 1. The van der Waals surface area contributed by atoms with Gasteiger partial charge in [0.25, 0.3) is 0 Å². The maximum absolute atomic E-state index is 11.9. The van der Waals surface area contributed by atoms with Crippen LogP contribution in [-0.2, 0) is 16.2 Å². The van der Waals surface area contributed by atoms with E-state index in [0.717, 1.165) is 12.3 Å². The van der Waals surface area contributed by atoms with Crippen LogP contribution in [0.5, 0.6) is 0 Å². The van der Waals surface area contributed by atoms with E-state index < -0.39 is 10.8 Å². The molecule has 0 spiro atoms. The van der Waals surface area contributed by atoms with Crippen LogP contribution in [-0.4, -0.2) is 21.8 Å². The molecule has 3 heteroatoms. The first-order valence-corrected chi connectivity index (χ1v) is 7.97. The molecule has 1 heterocycles. The zero-order valence-corrected chi connectivity index (χ0v) is 12.5. The summed E-state index contributed by atoms with van der Waals surface area (Å²) < 4.78 is 11.9. The lowest BCUT2D eigenvalue weighted by atomic mass is 9.86. The summed E-state index contributed by atoms with van der Waals surface area (Å²) in [5.41, 5.74) is 2.79. The maximum atomic E-state index is 11.9. The standard InChI is InChI=1S/C15H23NOS/c1-11-9-16-14(10-18(11)17)12-5-7-13(8-6-12)15(2,3)4/h5-8,11,14,16H,9-10H2,1-4H3. The van der Waals surface area contributed by atoms with Gasteiger partial charge in [-0.05, 0) is 23.5 Å². The van der Waals surface area contributed by atoms with Gasteiger partial charge in [0.15, 0.2) is 0 Å². The highest BCUT2D eigenvalue weighted by atomic mass is 32.2. The molecule has 2 nitrogen and oxygen atoms in total. The Morgan fingerprint density at radius 2 is 1.83 bits per heavy atom. The second kappa shape index (κ2) is 5.14. The summed E-state index contributed by atoms with van der Waals surface area (Å²) in [7, 11) is -0.700. The third kappa shape index (κ3) is 3.01. The van der Waals surface area contributed by atoms with Gasteiger partial charge in [0.2, 0.25) is 0 Å². The Balaban J connectivity index is 2.13. The molecule has 0 radical (unpaired) electrons. The molecule has 0 aromatic heterocycles. The van der Waals surface area contributed by atoms with E-state index in [9.17, 15) is 4.21 Å². The lowest BCUT2D eigenvalue weighted by molar-refractivity contribution is 0.539. The zero-order valence-electron chi connectivity index (χ0n) is 11.7. The number of nitrogens with one attached hydrogen (secondary N) is 1. The van der Waals surface area contributed by atoms with Crippen molar-refractivity contribution in [2.45, 2.75) is 44.4 Å². The Morgan fingerprint density at radius 1 is 1.22 bits per heavy atom. The normalized spacial score (nSPS) is 29.2. The van der Waals surface area contributed by atoms with Gasteiger partial charge in [-0.2, -0.15) is 0 Å². The Kier molecular flexibility index (Phi) is 3.93. The van der Waals surface area contributed by atoms with E-state index in [0.29, 0.717) is 0 Å². The van der Waals surface area contributed by atoms with Crippen molar-refractivity contribution in [2.75, 3.05) is 12.3 Å². The minimum atomic E-state index is -0.700. The first kappa shape index (κ1) is 13.8. The van der Waals surface area contributed by atoms with Crippen molar-refractivity contribution < 1.29 is 4.21 Å².